The molecule has 1 aromatic heterocycles. The van der Waals surface area contributed by atoms with Crippen LogP contribution in [0.1, 0.15) is 22.5 Å². The lowest BCUT2D eigenvalue weighted by molar-refractivity contribution is -0.124. The van der Waals surface area contributed by atoms with E-state index in [2.05, 4.69) is 4.98 Å². The topological polar surface area (TPSA) is 84.2 Å². The van der Waals surface area contributed by atoms with E-state index in [4.69, 9.17) is 5.21 Å². The maximum absolute atomic E-state index is 14.5. The summed E-state index contributed by atoms with van der Waals surface area (Å²) >= 11 is 0. The van der Waals surface area contributed by atoms with Gasteiger partial charge in [0.2, 0.25) is 0 Å². The third-order valence-electron chi connectivity index (χ3n) is 4.32. The molecule has 0 saturated carbocycles. The molecular formula is C20H18FN3O3. The van der Waals surface area contributed by atoms with Crippen molar-refractivity contribution >= 4 is 22.9 Å². The van der Waals surface area contributed by atoms with Crippen molar-refractivity contribution in [3.8, 4) is 5.69 Å². The molecule has 0 bridgehead atoms. The fourth-order valence-corrected chi connectivity index (χ4v) is 3.10. The van der Waals surface area contributed by atoms with Crippen LogP contribution in [0.15, 0.2) is 41.2 Å². The summed E-state index contributed by atoms with van der Waals surface area (Å²) in [6.45, 7) is 5.45. The molecule has 0 unspecified atom stereocenters. The molecule has 2 N–H and O–H groups in total. The molecule has 27 heavy (non-hydrogen) atoms. The minimum absolute atomic E-state index is 0.0243. The number of nitrogens with one attached hydrogen (secondary N) is 1. The normalized spacial score (nSPS) is 11.3. The second-order valence-electron chi connectivity index (χ2n) is 6.25. The first-order valence-corrected chi connectivity index (χ1v) is 8.25. The number of halogens is 1. The Bertz CT molecular complexity index is 1130. The van der Waals surface area contributed by atoms with E-state index < -0.39 is 17.3 Å². The predicted octanol–water partition coefficient (Wildman–Crippen LogP) is 2.97. The van der Waals surface area contributed by atoms with Gasteiger partial charge in [-0.2, -0.15) is 0 Å². The lowest BCUT2D eigenvalue weighted by atomic mass is 10.1. The van der Waals surface area contributed by atoms with Gasteiger partial charge in [0.25, 0.3) is 11.5 Å². The smallest absolute Gasteiger partial charge is 0.267 e. The molecule has 2 aromatic carbocycles. The average molecular weight is 367 g/mol. The van der Waals surface area contributed by atoms with Gasteiger partial charge in [-0.3, -0.25) is 19.4 Å². The summed E-state index contributed by atoms with van der Waals surface area (Å²) in [5.41, 5.74) is 3.86. The molecule has 0 spiro atoms. The van der Waals surface area contributed by atoms with Crippen LogP contribution in [-0.4, -0.2) is 20.7 Å². The lowest BCUT2D eigenvalue weighted by Gasteiger charge is -2.16. The molecule has 7 heteroatoms. The predicted molar refractivity (Wildman–Crippen MR) is 100 cm³/mol. The van der Waals surface area contributed by atoms with Gasteiger partial charge < -0.3 is 0 Å². The number of aryl methyl sites for hydroxylation is 3. The Kier molecular flexibility index (Phi) is 4.87. The minimum atomic E-state index is -0.759. The number of carbonyl (C=O) groups excluding carboxylic acids is 1. The first-order chi connectivity index (χ1) is 12.8. The number of para-hydroxylation sites is 1. The van der Waals surface area contributed by atoms with Crippen molar-refractivity contribution in [3.05, 3.63) is 75.1 Å². The van der Waals surface area contributed by atoms with Crippen LogP contribution in [-0.2, 0) is 4.79 Å². The van der Waals surface area contributed by atoms with E-state index in [0.29, 0.717) is 11.4 Å². The van der Waals surface area contributed by atoms with Crippen molar-refractivity contribution in [1.82, 2.24) is 15.0 Å². The number of aromatic nitrogens is 2. The van der Waals surface area contributed by atoms with Gasteiger partial charge >= 0.3 is 0 Å². The van der Waals surface area contributed by atoms with Crippen LogP contribution < -0.4 is 11.0 Å². The molecule has 0 radical (unpaired) electrons. The number of amides is 1. The van der Waals surface area contributed by atoms with Crippen LogP contribution in [0.2, 0.25) is 0 Å². The Labute approximate surface area is 154 Å². The van der Waals surface area contributed by atoms with E-state index in [-0.39, 0.29) is 10.9 Å². The van der Waals surface area contributed by atoms with Crippen molar-refractivity contribution < 1.29 is 14.4 Å². The number of benzene rings is 2. The molecule has 1 amide bonds. The summed E-state index contributed by atoms with van der Waals surface area (Å²) in [6, 6.07) is 8.34. The Morgan fingerprint density at radius 3 is 2.52 bits per heavy atom. The van der Waals surface area contributed by atoms with Crippen molar-refractivity contribution in [2.75, 3.05) is 0 Å². The molecule has 0 aliphatic rings. The zero-order valence-electron chi connectivity index (χ0n) is 15.1. The largest absolute Gasteiger partial charge is 0.288 e. The first-order valence-electron chi connectivity index (χ1n) is 8.25. The standard InChI is InChI=1S/C20H18FN3O3/c1-11-5-4-6-12(2)19(11)24-13(3)22-18-15(20(24)26)9-14(10-16(18)21)7-8-17(25)23-27/h4-10,27H,1-3H3,(H,23,25)/b8-7+. The maximum Gasteiger partial charge on any atom is 0.267 e. The first kappa shape index (κ1) is 18.5. The Balaban J connectivity index is 2.31. The molecule has 138 valence electrons. The number of carbonyl (C=O) groups is 1. The molecule has 0 aliphatic heterocycles. The van der Waals surface area contributed by atoms with Gasteiger partial charge in [-0.25, -0.2) is 14.9 Å². The molecular weight excluding hydrogens is 349 g/mol. The van der Waals surface area contributed by atoms with Crippen LogP contribution in [0.4, 0.5) is 4.39 Å². The summed E-state index contributed by atoms with van der Waals surface area (Å²) < 4.78 is 16.0. The quantitative estimate of drug-likeness (QED) is 0.423. The number of hydroxylamine groups is 1. The highest BCUT2D eigenvalue weighted by molar-refractivity contribution is 5.91. The van der Waals surface area contributed by atoms with Crippen molar-refractivity contribution in [2.45, 2.75) is 20.8 Å². The molecule has 0 saturated heterocycles. The van der Waals surface area contributed by atoms with Gasteiger partial charge in [0, 0.05) is 6.08 Å². The van der Waals surface area contributed by atoms with Crippen LogP contribution in [0.25, 0.3) is 22.7 Å². The number of hydrogen-bond acceptors (Lipinski definition) is 4. The summed E-state index contributed by atoms with van der Waals surface area (Å²) in [5, 5.41) is 8.64. The van der Waals surface area contributed by atoms with Gasteiger partial charge in [0.05, 0.1) is 11.1 Å². The molecule has 0 fully saturated rings. The number of nitrogens with zero attached hydrogens (tertiary/aromatic N) is 2. The average Bonchev–Trinajstić information content (AvgIpc) is 2.63. The lowest BCUT2D eigenvalue weighted by Crippen LogP contribution is -2.24. The summed E-state index contributed by atoms with van der Waals surface area (Å²) in [5.74, 6) is -1.04. The van der Waals surface area contributed by atoms with Crippen molar-refractivity contribution in [3.63, 3.8) is 0 Å². The monoisotopic (exact) mass is 367 g/mol. The summed E-state index contributed by atoms with van der Waals surface area (Å²) in [4.78, 5) is 28.6. The van der Waals surface area contributed by atoms with Gasteiger partial charge in [0.1, 0.15) is 17.2 Å². The zero-order valence-corrected chi connectivity index (χ0v) is 15.1. The van der Waals surface area contributed by atoms with Gasteiger partial charge in [-0.1, -0.05) is 18.2 Å². The molecule has 0 atom stereocenters. The molecule has 1 heterocycles. The molecule has 6 nitrogen and oxygen atoms in total. The molecule has 0 aliphatic carbocycles. The van der Waals surface area contributed by atoms with Gasteiger partial charge in [0.15, 0.2) is 0 Å². The van der Waals surface area contributed by atoms with Gasteiger partial charge in [-0.15, -0.1) is 0 Å². The minimum Gasteiger partial charge on any atom is -0.288 e. The number of rotatable bonds is 3. The number of fused-ring (bicyclic) bond motifs is 1. The van der Waals surface area contributed by atoms with Crippen LogP contribution >= 0.6 is 0 Å². The van der Waals surface area contributed by atoms with E-state index in [9.17, 15) is 14.0 Å². The van der Waals surface area contributed by atoms with Crippen LogP contribution in [0, 0.1) is 26.6 Å². The third-order valence-corrected chi connectivity index (χ3v) is 4.32. The van der Waals surface area contributed by atoms with Crippen molar-refractivity contribution in [2.24, 2.45) is 0 Å². The summed E-state index contributed by atoms with van der Waals surface area (Å²) in [6.07, 6.45) is 2.34. The van der Waals surface area contributed by atoms with E-state index >= 15 is 0 Å². The number of hydrogen-bond donors (Lipinski definition) is 2. The fourth-order valence-electron chi connectivity index (χ4n) is 3.10. The Morgan fingerprint density at radius 1 is 1.22 bits per heavy atom. The second-order valence-corrected chi connectivity index (χ2v) is 6.25. The fraction of sp³-hybridized carbons (Fsp3) is 0.150. The van der Waals surface area contributed by atoms with Crippen LogP contribution in [0.3, 0.4) is 0 Å². The highest BCUT2D eigenvalue weighted by Crippen LogP contribution is 2.22. The Morgan fingerprint density at radius 2 is 1.89 bits per heavy atom. The highest BCUT2D eigenvalue weighted by Gasteiger charge is 2.16. The van der Waals surface area contributed by atoms with Crippen molar-refractivity contribution in [1.29, 1.82) is 0 Å². The van der Waals surface area contributed by atoms with Gasteiger partial charge in [-0.05, 0) is 55.7 Å². The van der Waals surface area contributed by atoms with E-state index in [0.717, 1.165) is 22.9 Å². The zero-order chi connectivity index (χ0) is 19.7. The van der Waals surface area contributed by atoms with E-state index in [1.165, 1.54) is 28.3 Å². The highest BCUT2D eigenvalue weighted by atomic mass is 19.1. The van der Waals surface area contributed by atoms with Crippen LogP contribution in [0.5, 0.6) is 0 Å². The SMILES string of the molecule is Cc1cccc(C)c1-n1c(C)nc2c(F)cc(/C=C/C(=O)NO)cc2c1=O. The maximum atomic E-state index is 14.5. The molecule has 3 rings (SSSR count). The van der Waals surface area contributed by atoms with E-state index in [1.54, 1.807) is 6.92 Å². The summed E-state index contributed by atoms with van der Waals surface area (Å²) in [7, 11) is 0. The van der Waals surface area contributed by atoms with E-state index in [1.807, 2.05) is 32.0 Å². The molecule has 3 aromatic rings. The Hall–Kier alpha value is -3.32. The second kappa shape index (κ2) is 7.13. The third kappa shape index (κ3) is 3.37.